The number of nitrogens with zero attached hydrogens (tertiary/aromatic N) is 1. The van der Waals surface area contributed by atoms with Crippen LogP contribution in [0.1, 0.15) is 15.8 Å². The summed E-state index contributed by atoms with van der Waals surface area (Å²) >= 11 is 7.10. The Hall–Kier alpha value is -0.200. The first-order valence-corrected chi connectivity index (χ1v) is 8.30. The standard InChI is InChI=1S/C13H17BrN2S2/c1-16(2)11(12-4-3-7-17-12)9-15-8-10-5-6-13(14)18-10/h3-7,11,15H,8-9H2,1-2H3. The van der Waals surface area contributed by atoms with Crippen LogP contribution in [-0.4, -0.2) is 25.5 Å². The molecule has 0 radical (unpaired) electrons. The van der Waals surface area contributed by atoms with Gasteiger partial charge in [-0.2, -0.15) is 0 Å². The molecular weight excluding hydrogens is 328 g/mol. The van der Waals surface area contributed by atoms with E-state index in [0.717, 1.165) is 13.1 Å². The molecule has 0 amide bonds. The number of likely N-dealkylation sites (N-methyl/N-ethyl adjacent to an activating group) is 1. The minimum absolute atomic E-state index is 0.452. The van der Waals surface area contributed by atoms with E-state index in [-0.39, 0.29) is 0 Å². The van der Waals surface area contributed by atoms with Crippen molar-refractivity contribution in [3.05, 3.63) is 43.2 Å². The molecule has 0 saturated heterocycles. The quantitative estimate of drug-likeness (QED) is 0.852. The number of thiophene rings is 2. The Balaban J connectivity index is 1.87. The third-order valence-electron chi connectivity index (χ3n) is 2.76. The topological polar surface area (TPSA) is 15.3 Å². The van der Waals surface area contributed by atoms with Crippen molar-refractivity contribution in [2.75, 3.05) is 20.6 Å². The predicted molar refractivity (Wildman–Crippen MR) is 84.5 cm³/mol. The van der Waals surface area contributed by atoms with E-state index in [2.05, 4.69) is 69.9 Å². The summed E-state index contributed by atoms with van der Waals surface area (Å²) in [4.78, 5) is 5.05. The van der Waals surface area contributed by atoms with E-state index in [1.54, 1.807) is 11.3 Å². The maximum atomic E-state index is 3.54. The van der Waals surface area contributed by atoms with Gasteiger partial charge in [-0.15, -0.1) is 22.7 Å². The molecule has 1 unspecified atom stereocenters. The fraction of sp³-hybridized carbons (Fsp3) is 0.385. The van der Waals surface area contributed by atoms with E-state index < -0.39 is 0 Å². The number of nitrogens with one attached hydrogen (secondary N) is 1. The molecule has 98 valence electrons. The molecule has 2 aromatic rings. The van der Waals surface area contributed by atoms with E-state index in [1.807, 2.05) is 11.3 Å². The highest BCUT2D eigenvalue weighted by Crippen LogP contribution is 2.24. The van der Waals surface area contributed by atoms with Crippen LogP contribution in [0, 0.1) is 0 Å². The molecule has 0 spiro atoms. The second-order valence-electron chi connectivity index (χ2n) is 4.33. The Bertz CT molecular complexity index is 465. The van der Waals surface area contributed by atoms with E-state index >= 15 is 0 Å². The molecule has 2 nitrogen and oxygen atoms in total. The first-order valence-electron chi connectivity index (χ1n) is 5.81. The summed E-state index contributed by atoms with van der Waals surface area (Å²) in [5, 5.41) is 5.68. The van der Waals surface area contributed by atoms with Gasteiger partial charge in [0.2, 0.25) is 0 Å². The van der Waals surface area contributed by atoms with Gasteiger partial charge in [0, 0.05) is 22.8 Å². The predicted octanol–water partition coefficient (Wildman–Crippen LogP) is 3.96. The number of hydrogen-bond acceptors (Lipinski definition) is 4. The zero-order valence-corrected chi connectivity index (χ0v) is 13.7. The largest absolute Gasteiger partial charge is 0.310 e. The maximum absolute atomic E-state index is 3.54. The molecule has 0 aliphatic carbocycles. The van der Waals surface area contributed by atoms with Gasteiger partial charge in [-0.25, -0.2) is 0 Å². The minimum atomic E-state index is 0.452. The third kappa shape index (κ3) is 3.90. The average Bonchev–Trinajstić information content (AvgIpc) is 2.95. The molecule has 2 aromatic heterocycles. The molecule has 2 heterocycles. The smallest absolute Gasteiger partial charge is 0.0701 e. The maximum Gasteiger partial charge on any atom is 0.0701 e. The van der Waals surface area contributed by atoms with Crippen LogP contribution in [0.25, 0.3) is 0 Å². The summed E-state index contributed by atoms with van der Waals surface area (Å²) in [6, 6.07) is 9.04. The highest BCUT2D eigenvalue weighted by atomic mass is 79.9. The molecule has 0 bridgehead atoms. The van der Waals surface area contributed by atoms with Gasteiger partial charge in [-0.05, 0) is 53.6 Å². The summed E-state index contributed by atoms with van der Waals surface area (Å²) in [6.07, 6.45) is 0. The summed E-state index contributed by atoms with van der Waals surface area (Å²) < 4.78 is 1.20. The van der Waals surface area contributed by atoms with Gasteiger partial charge in [0.1, 0.15) is 0 Å². The zero-order valence-electron chi connectivity index (χ0n) is 10.5. The summed E-state index contributed by atoms with van der Waals surface area (Å²) in [6.45, 7) is 1.91. The van der Waals surface area contributed by atoms with Gasteiger partial charge in [-0.1, -0.05) is 6.07 Å². The first-order chi connectivity index (χ1) is 8.66. The zero-order chi connectivity index (χ0) is 13.0. The number of rotatable bonds is 6. The van der Waals surface area contributed by atoms with Crippen LogP contribution in [0.5, 0.6) is 0 Å². The first kappa shape index (κ1) is 14.2. The van der Waals surface area contributed by atoms with Crippen LogP contribution in [0.3, 0.4) is 0 Å². The van der Waals surface area contributed by atoms with Gasteiger partial charge < -0.3 is 10.2 Å². The molecule has 0 aliphatic rings. The van der Waals surface area contributed by atoms with E-state index in [0.29, 0.717) is 6.04 Å². The molecule has 0 saturated carbocycles. The van der Waals surface area contributed by atoms with Crippen molar-refractivity contribution in [2.24, 2.45) is 0 Å². The molecule has 1 atom stereocenters. The second kappa shape index (κ2) is 6.82. The lowest BCUT2D eigenvalue weighted by Crippen LogP contribution is -2.30. The van der Waals surface area contributed by atoms with Crippen LogP contribution in [0.2, 0.25) is 0 Å². The molecule has 0 fully saturated rings. The van der Waals surface area contributed by atoms with Crippen LogP contribution in [0.15, 0.2) is 33.4 Å². The molecule has 0 aromatic carbocycles. The highest BCUT2D eigenvalue weighted by molar-refractivity contribution is 9.11. The normalized spacial score (nSPS) is 13.1. The third-order valence-corrected chi connectivity index (χ3v) is 5.36. The van der Waals surface area contributed by atoms with Crippen LogP contribution < -0.4 is 5.32 Å². The van der Waals surface area contributed by atoms with E-state index in [1.165, 1.54) is 13.5 Å². The van der Waals surface area contributed by atoms with Crippen LogP contribution in [0.4, 0.5) is 0 Å². The van der Waals surface area contributed by atoms with Crippen molar-refractivity contribution in [1.82, 2.24) is 10.2 Å². The summed E-state index contributed by atoms with van der Waals surface area (Å²) in [5.41, 5.74) is 0. The summed E-state index contributed by atoms with van der Waals surface area (Å²) in [7, 11) is 4.27. The molecule has 18 heavy (non-hydrogen) atoms. The Morgan fingerprint density at radius 3 is 2.72 bits per heavy atom. The molecular formula is C13H17BrN2S2. The SMILES string of the molecule is CN(C)C(CNCc1ccc(Br)s1)c1cccs1. The Kier molecular flexibility index (Phi) is 5.38. The molecule has 2 rings (SSSR count). The van der Waals surface area contributed by atoms with Crippen molar-refractivity contribution in [1.29, 1.82) is 0 Å². The number of hydrogen-bond donors (Lipinski definition) is 1. The van der Waals surface area contributed by atoms with Crippen LogP contribution >= 0.6 is 38.6 Å². The minimum Gasteiger partial charge on any atom is -0.310 e. The summed E-state index contributed by atoms with van der Waals surface area (Å²) in [5.74, 6) is 0. The fourth-order valence-electron chi connectivity index (χ4n) is 1.80. The monoisotopic (exact) mass is 344 g/mol. The number of halogens is 1. The van der Waals surface area contributed by atoms with Crippen molar-refractivity contribution >= 4 is 38.6 Å². The van der Waals surface area contributed by atoms with Crippen molar-refractivity contribution in [3.63, 3.8) is 0 Å². The molecule has 5 heteroatoms. The van der Waals surface area contributed by atoms with Gasteiger partial charge in [0.15, 0.2) is 0 Å². The van der Waals surface area contributed by atoms with Gasteiger partial charge in [-0.3, -0.25) is 0 Å². The Morgan fingerprint density at radius 1 is 1.33 bits per heavy atom. The lowest BCUT2D eigenvalue weighted by Gasteiger charge is -2.23. The van der Waals surface area contributed by atoms with Gasteiger partial charge >= 0.3 is 0 Å². The fourth-order valence-corrected chi connectivity index (χ4v) is 4.17. The molecule has 1 N–H and O–H groups in total. The van der Waals surface area contributed by atoms with Gasteiger partial charge in [0.25, 0.3) is 0 Å². The lowest BCUT2D eigenvalue weighted by atomic mass is 10.2. The van der Waals surface area contributed by atoms with Crippen LogP contribution in [-0.2, 0) is 6.54 Å². The van der Waals surface area contributed by atoms with Crippen molar-refractivity contribution in [3.8, 4) is 0 Å². The van der Waals surface area contributed by atoms with Crippen molar-refractivity contribution < 1.29 is 0 Å². The van der Waals surface area contributed by atoms with E-state index in [4.69, 9.17) is 0 Å². The van der Waals surface area contributed by atoms with E-state index in [9.17, 15) is 0 Å². The van der Waals surface area contributed by atoms with Gasteiger partial charge in [0.05, 0.1) is 9.83 Å². The molecule has 0 aliphatic heterocycles. The van der Waals surface area contributed by atoms with Crippen molar-refractivity contribution in [2.45, 2.75) is 12.6 Å². The highest BCUT2D eigenvalue weighted by Gasteiger charge is 2.14. The lowest BCUT2D eigenvalue weighted by molar-refractivity contribution is 0.292. The Labute approximate surface area is 125 Å². The Morgan fingerprint density at radius 2 is 2.17 bits per heavy atom. The second-order valence-corrected chi connectivity index (χ2v) is 7.86. The average molecular weight is 345 g/mol.